The van der Waals surface area contributed by atoms with Gasteiger partial charge in [0.1, 0.15) is 3.92 Å². The van der Waals surface area contributed by atoms with Crippen LogP contribution in [-0.4, -0.2) is 29.6 Å². The van der Waals surface area contributed by atoms with Gasteiger partial charge >= 0.3 is 5.97 Å². The minimum absolute atomic E-state index is 0.0368. The van der Waals surface area contributed by atoms with Crippen molar-refractivity contribution < 1.29 is 9.53 Å². The van der Waals surface area contributed by atoms with Crippen molar-refractivity contribution in [1.29, 1.82) is 0 Å². The highest BCUT2D eigenvalue weighted by molar-refractivity contribution is 14.1. The van der Waals surface area contributed by atoms with Gasteiger partial charge in [-0.1, -0.05) is 35.9 Å². The Balaban J connectivity index is 3.08. The molecule has 0 bridgehead atoms. The normalized spacial score (nSPS) is 12.5. The zero-order chi connectivity index (χ0) is 11.5. The molecule has 0 amide bonds. The number of carbonyl (C=O) groups is 1. The number of carbonyl (C=O) groups excluding carboxylic acids is 1. The van der Waals surface area contributed by atoms with Crippen LogP contribution in [0.2, 0.25) is 0 Å². The molecular formula is C11H22INO2. The predicted octanol–water partition coefficient (Wildman–Crippen LogP) is 2.52. The first kappa shape index (κ1) is 15.2. The van der Waals surface area contributed by atoms with Gasteiger partial charge in [-0.2, -0.15) is 0 Å². The molecule has 0 aliphatic heterocycles. The van der Waals surface area contributed by atoms with Gasteiger partial charge in [0, 0.05) is 0 Å². The Morgan fingerprint density at radius 2 is 2.00 bits per heavy atom. The molecular weight excluding hydrogens is 305 g/mol. The lowest BCUT2D eigenvalue weighted by Gasteiger charge is -2.06. The van der Waals surface area contributed by atoms with Crippen LogP contribution >= 0.6 is 22.6 Å². The minimum atomic E-state index is -0.102. The highest BCUT2D eigenvalue weighted by Crippen LogP contribution is 2.01. The largest absolute Gasteiger partial charge is 0.465 e. The molecule has 0 rings (SSSR count). The lowest BCUT2D eigenvalue weighted by atomic mass is 10.3. The molecule has 0 fully saturated rings. The van der Waals surface area contributed by atoms with Gasteiger partial charge in [-0.25, -0.2) is 0 Å². The summed E-state index contributed by atoms with van der Waals surface area (Å²) in [6, 6.07) is 0. The van der Waals surface area contributed by atoms with Crippen LogP contribution in [-0.2, 0) is 9.53 Å². The zero-order valence-corrected chi connectivity index (χ0v) is 11.9. The number of unbranched alkanes of at least 4 members (excludes halogenated alkanes) is 2. The summed E-state index contributed by atoms with van der Waals surface area (Å²) in [4.78, 5) is 11.1. The van der Waals surface area contributed by atoms with Gasteiger partial charge in [-0.05, 0) is 39.3 Å². The smallest absolute Gasteiger partial charge is 0.318 e. The fourth-order valence-corrected chi connectivity index (χ4v) is 1.25. The molecule has 0 radical (unpaired) electrons. The second-order valence-corrected chi connectivity index (χ2v) is 5.46. The van der Waals surface area contributed by atoms with E-state index in [0.29, 0.717) is 6.61 Å². The molecule has 1 atom stereocenters. The Morgan fingerprint density at radius 3 is 2.60 bits per heavy atom. The first-order valence-electron chi connectivity index (χ1n) is 5.70. The lowest BCUT2D eigenvalue weighted by molar-refractivity contribution is -0.142. The van der Waals surface area contributed by atoms with Crippen molar-refractivity contribution in [3.05, 3.63) is 0 Å². The van der Waals surface area contributed by atoms with Crippen LogP contribution in [0.3, 0.4) is 0 Å². The first-order valence-corrected chi connectivity index (χ1v) is 6.94. The maximum atomic E-state index is 11.1. The van der Waals surface area contributed by atoms with Gasteiger partial charge in [0.15, 0.2) is 0 Å². The van der Waals surface area contributed by atoms with Crippen molar-refractivity contribution in [3.8, 4) is 0 Å². The zero-order valence-electron chi connectivity index (χ0n) is 9.72. The average molecular weight is 327 g/mol. The molecule has 1 N–H and O–H groups in total. The van der Waals surface area contributed by atoms with Gasteiger partial charge in [0.2, 0.25) is 0 Å². The van der Waals surface area contributed by atoms with Gasteiger partial charge in [-0.3, -0.25) is 4.79 Å². The Morgan fingerprint density at radius 1 is 1.33 bits per heavy atom. The highest BCUT2D eigenvalue weighted by Gasteiger charge is 2.08. The third kappa shape index (κ3) is 10.4. The van der Waals surface area contributed by atoms with E-state index in [-0.39, 0.29) is 9.89 Å². The minimum Gasteiger partial charge on any atom is -0.465 e. The van der Waals surface area contributed by atoms with E-state index < -0.39 is 0 Å². The summed E-state index contributed by atoms with van der Waals surface area (Å²) < 4.78 is 5.02. The van der Waals surface area contributed by atoms with Crippen LogP contribution in [0.15, 0.2) is 0 Å². The molecule has 0 aromatic heterocycles. The Bertz CT molecular complexity index is 163. The van der Waals surface area contributed by atoms with Crippen LogP contribution in [0.25, 0.3) is 0 Å². The van der Waals surface area contributed by atoms with Crippen LogP contribution < -0.4 is 5.32 Å². The van der Waals surface area contributed by atoms with Gasteiger partial charge in [0.05, 0.1) is 6.61 Å². The van der Waals surface area contributed by atoms with Crippen LogP contribution in [0.5, 0.6) is 0 Å². The average Bonchev–Trinajstić information content (AvgIpc) is 2.21. The molecule has 0 spiro atoms. The maximum Gasteiger partial charge on any atom is 0.318 e. The van der Waals surface area contributed by atoms with Crippen molar-refractivity contribution in [2.75, 3.05) is 19.7 Å². The number of esters is 1. The SMILES string of the molecule is CCCCNCCCCOC(=O)C(C)I. The summed E-state index contributed by atoms with van der Waals surface area (Å²) in [5.74, 6) is -0.102. The predicted molar refractivity (Wildman–Crippen MR) is 71.5 cm³/mol. The Hall–Kier alpha value is 0.160. The molecule has 0 saturated carbocycles. The number of rotatable bonds is 9. The number of hydrogen-bond acceptors (Lipinski definition) is 3. The van der Waals surface area contributed by atoms with Gasteiger partial charge in [0.25, 0.3) is 0 Å². The summed E-state index contributed by atoms with van der Waals surface area (Å²) >= 11 is 2.07. The van der Waals surface area contributed by atoms with Crippen molar-refractivity contribution in [1.82, 2.24) is 5.32 Å². The van der Waals surface area contributed by atoms with Crippen molar-refractivity contribution in [2.45, 2.75) is 43.5 Å². The summed E-state index contributed by atoms with van der Waals surface area (Å²) in [7, 11) is 0. The molecule has 0 aliphatic rings. The summed E-state index contributed by atoms with van der Waals surface area (Å²) in [6.07, 6.45) is 4.50. The molecule has 15 heavy (non-hydrogen) atoms. The Labute approximate surface area is 106 Å². The standard InChI is InChI=1S/C11H22INO2/c1-3-4-7-13-8-5-6-9-15-11(14)10(2)12/h10,13H,3-9H2,1-2H3. The molecule has 0 aliphatic carbocycles. The van der Waals surface area contributed by atoms with Gasteiger partial charge in [-0.15, -0.1) is 0 Å². The Kier molecular flexibility index (Phi) is 10.8. The van der Waals surface area contributed by atoms with Crippen LogP contribution in [0, 0.1) is 0 Å². The quantitative estimate of drug-likeness (QED) is 0.306. The van der Waals surface area contributed by atoms with E-state index in [2.05, 4.69) is 34.8 Å². The van der Waals surface area contributed by atoms with Crippen LogP contribution in [0.4, 0.5) is 0 Å². The topological polar surface area (TPSA) is 38.3 Å². The second kappa shape index (κ2) is 10.7. The van der Waals surface area contributed by atoms with E-state index in [1.807, 2.05) is 6.92 Å². The summed E-state index contributed by atoms with van der Waals surface area (Å²) in [5.41, 5.74) is 0. The second-order valence-electron chi connectivity index (χ2n) is 3.59. The number of alkyl halides is 1. The molecule has 0 saturated heterocycles. The molecule has 0 aromatic rings. The van der Waals surface area contributed by atoms with Gasteiger partial charge < -0.3 is 10.1 Å². The van der Waals surface area contributed by atoms with Crippen molar-refractivity contribution in [2.24, 2.45) is 0 Å². The van der Waals surface area contributed by atoms with E-state index in [1.165, 1.54) is 12.8 Å². The lowest BCUT2D eigenvalue weighted by Crippen LogP contribution is -2.18. The monoisotopic (exact) mass is 327 g/mol. The summed E-state index contributed by atoms with van der Waals surface area (Å²) in [6.45, 7) is 6.71. The maximum absolute atomic E-state index is 11.1. The number of nitrogens with one attached hydrogen (secondary N) is 1. The first-order chi connectivity index (χ1) is 7.18. The van der Waals surface area contributed by atoms with E-state index in [0.717, 1.165) is 25.9 Å². The highest BCUT2D eigenvalue weighted by atomic mass is 127. The third-order valence-corrected chi connectivity index (χ3v) is 2.53. The fourth-order valence-electron chi connectivity index (χ4n) is 1.07. The molecule has 3 nitrogen and oxygen atoms in total. The fraction of sp³-hybridized carbons (Fsp3) is 0.909. The van der Waals surface area contributed by atoms with Crippen molar-refractivity contribution in [3.63, 3.8) is 0 Å². The molecule has 0 heterocycles. The molecule has 1 unspecified atom stereocenters. The number of halogens is 1. The van der Waals surface area contributed by atoms with E-state index in [9.17, 15) is 4.79 Å². The van der Waals surface area contributed by atoms with E-state index >= 15 is 0 Å². The van der Waals surface area contributed by atoms with E-state index in [1.54, 1.807) is 0 Å². The number of ether oxygens (including phenoxy) is 1. The van der Waals surface area contributed by atoms with E-state index in [4.69, 9.17) is 4.74 Å². The van der Waals surface area contributed by atoms with Crippen LogP contribution in [0.1, 0.15) is 39.5 Å². The molecule has 4 heteroatoms. The molecule has 0 aromatic carbocycles. The number of hydrogen-bond donors (Lipinski definition) is 1. The summed E-state index contributed by atoms with van der Waals surface area (Å²) in [5, 5.41) is 3.36. The third-order valence-electron chi connectivity index (χ3n) is 2.02. The van der Waals surface area contributed by atoms with Crippen molar-refractivity contribution >= 4 is 28.6 Å². The molecule has 90 valence electrons.